The molecule has 4 rings (SSSR count). The highest BCUT2D eigenvalue weighted by Crippen LogP contribution is 2.36. The molecule has 0 bridgehead atoms. The van der Waals surface area contributed by atoms with Crippen LogP contribution in [0.4, 0.5) is 15.3 Å². The van der Waals surface area contributed by atoms with Gasteiger partial charge in [-0.1, -0.05) is 0 Å². The molecule has 29 heavy (non-hydrogen) atoms. The van der Waals surface area contributed by atoms with Gasteiger partial charge < -0.3 is 20.5 Å². The maximum Gasteiger partial charge on any atom is 0.224 e. The molecule has 0 aromatic carbocycles. The van der Waals surface area contributed by atoms with Gasteiger partial charge in [0.05, 0.1) is 33.6 Å². The Labute approximate surface area is 171 Å². The van der Waals surface area contributed by atoms with E-state index in [1.165, 1.54) is 17.4 Å². The molecular formula is C19H23FN6O2S. The lowest BCUT2D eigenvalue weighted by Gasteiger charge is -2.40. The number of halogens is 1. The number of aromatic nitrogens is 3. The molecule has 1 aliphatic rings. The third-order valence-electron chi connectivity index (χ3n) is 5.02. The maximum absolute atomic E-state index is 13.5. The molecule has 0 radical (unpaired) electrons. The Bertz CT molecular complexity index is 1010. The highest BCUT2D eigenvalue weighted by Gasteiger charge is 2.34. The molecule has 1 saturated heterocycles. The summed E-state index contributed by atoms with van der Waals surface area (Å²) in [5.41, 5.74) is 1.96. The molecule has 3 aromatic heterocycles. The SMILES string of the molecule is CNc1cc2nc(N[C@@H](C)c3cncc(F)c3)nc(C(O)N3CC(OC)C3)c2s1. The fourth-order valence-corrected chi connectivity index (χ4v) is 4.21. The molecule has 10 heteroatoms. The Morgan fingerprint density at radius 2 is 2.10 bits per heavy atom. The molecule has 3 N–H and O–H groups in total. The first kappa shape index (κ1) is 19.9. The number of fused-ring (bicyclic) bond motifs is 1. The summed E-state index contributed by atoms with van der Waals surface area (Å²) in [4.78, 5) is 15.0. The summed E-state index contributed by atoms with van der Waals surface area (Å²) >= 11 is 1.50. The largest absolute Gasteiger partial charge is 0.380 e. The van der Waals surface area contributed by atoms with Crippen LogP contribution >= 0.6 is 11.3 Å². The molecule has 0 amide bonds. The molecule has 3 aromatic rings. The van der Waals surface area contributed by atoms with Crippen LogP contribution in [0.2, 0.25) is 0 Å². The van der Waals surface area contributed by atoms with Crippen molar-refractivity contribution in [2.45, 2.75) is 25.3 Å². The predicted octanol–water partition coefficient (Wildman–Crippen LogP) is 2.76. The molecule has 2 atom stereocenters. The monoisotopic (exact) mass is 418 g/mol. The first-order chi connectivity index (χ1) is 14.0. The molecular weight excluding hydrogens is 395 g/mol. The quantitative estimate of drug-likeness (QED) is 0.539. The van der Waals surface area contributed by atoms with Gasteiger partial charge in [0, 0.05) is 33.4 Å². The first-order valence-electron chi connectivity index (χ1n) is 9.29. The Morgan fingerprint density at radius 1 is 1.31 bits per heavy atom. The van der Waals surface area contributed by atoms with Gasteiger partial charge >= 0.3 is 0 Å². The molecule has 0 spiro atoms. The zero-order valence-electron chi connectivity index (χ0n) is 16.4. The summed E-state index contributed by atoms with van der Waals surface area (Å²) in [6, 6.07) is 3.09. The number of ether oxygens (including phenoxy) is 1. The summed E-state index contributed by atoms with van der Waals surface area (Å²) in [5.74, 6) is -0.0295. The second kappa shape index (κ2) is 8.15. The van der Waals surface area contributed by atoms with E-state index >= 15 is 0 Å². The van der Waals surface area contributed by atoms with Crippen molar-refractivity contribution in [3.05, 3.63) is 41.6 Å². The van der Waals surface area contributed by atoms with Crippen molar-refractivity contribution in [1.82, 2.24) is 19.9 Å². The molecule has 1 unspecified atom stereocenters. The maximum atomic E-state index is 13.5. The normalized spacial score (nSPS) is 17.1. The average Bonchev–Trinajstić information content (AvgIpc) is 3.09. The summed E-state index contributed by atoms with van der Waals surface area (Å²) in [7, 11) is 3.51. The van der Waals surface area contributed by atoms with Crippen LogP contribution in [-0.4, -0.2) is 58.3 Å². The zero-order valence-corrected chi connectivity index (χ0v) is 17.2. The molecule has 8 nitrogen and oxygen atoms in total. The highest BCUT2D eigenvalue weighted by atomic mass is 32.1. The lowest BCUT2D eigenvalue weighted by Crippen LogP contribution is -2.53. The topological polar surface area (TPSA) is 95.4 Å². The number of hydrogen-bond donors (Lipinski definition) is 3. The van der Waals surface area contributed by atoms with Crippen LogP contribution in [0, 0.1) is 5.82 Å². The standard InChI is InChI=1S/C19H23FN6O2S/c1-10(11-4-12(20)7-22-6-11)23-19-24-14-5-15(21-2)29-17(14)16(25-19)18(27)26-8-13(9-26)28-3/h4-7,10,13,18,21,27H,8-9H2,1-3H3,(H,23,24,25)/t10-,18?/m0/s1. The van der Waals surface area contributed by atoms with Crippen LogP contribution < -0.4 is 10.6 Å². The van der Waals surface area contributed by atoms with Gasteiger partial charge in [0.15, 0.2) is 6.23 Å². The number of aliphatic hydroxyl groups is 1. The van der Waals surface area contributed by atoms with Gasteiger partial charge in [-0.15, -0.1) is 11.3 Å². The first-order valence-corrected chi connectivity index (χ1v) is 10.1. The number of aliphatic hydroxyl groups excluding tert-OH is 1. The molecule has 154 valence electrons. The van der Waals surface area contributed by atoms with E-state index in [-0.39, 0.29) is 12.1 Å². The third kappa shape index (κ3) is 4.01. The fraction of sp³-hybridized carbons (Fsp3) is 0.421. The van der Waals surface area contributed by atoms with E-state index in [0.29, 0.717) is 30.3 Å². The van der Waals surface area contributed by atoms with Crippen molar-refractivity contribution in [2.75, 3.05) is 37.9 Å². The summed E-state index contributed by atoms with van der Waals surface area (Å²) in [5, 5.41) is 18.2. The minimum absolute atomic E-state index is 0.122. The van der Waals surface area contributed by atoms with E-state index in [4.69, 9.17) is 4.74 Å². The van der Waals surface area contributed by atoms with E-state index in [0.717, 1.165) is 21.4 Å². The van der Waals surface area contributed by atoms with Crippen LogP contribution in [0.3, 0.4) is 0 Å². The predicted molar refractivity (Wildman–Crippen MR) is 111 cm³/mol. The average molecular weight is 418 g/mol. The lowest BCUT2D eigenvalue weighted by atomic mass is 10.1. The smallest absolute Gasteiger partial charge is 0.224 e. The molecule has 1 fully saturated rings. The van der Waals surface area contributed by atoms with Crippen molar-refractivity contribution in [3.8, 4) is 0 Å². The van der Waals surface area contributed by atoms with Crippen LogP contribution in [0.5, 0.6) is 0 Å². The van der Waals surface area contributed by atoms with Crippen molar-refractivity contribution >= 4 is 32.5 Å². The number of nitrogens with zero attached hydrogens (tertiary/aromatic N) is 4. The fourth-order valence-electron chi connectivity index (χ4n) is 3.25. The van der Waals surface area contributed by atoms with Gasteiger partial charge in [0.25, 0.3) is 0 Å². The molecule has 0 saturated carbocycles. The molecule has 4 heterocycles. The Morgan fingerprint density at radius 3 is 2.79 bits per heavy atom. The second-order valence-corrected chi connectivity index (χ2v) is 8.05. The Balaban J connectivity index is 1.66. The van der Waals surface area contributed by atoms with Crippen LogP contribution in [0.15, 0.2) is 24.5 Å². The minimum Gasteiger partial charge on any atom is -0.380 e. The lowest BCUT2D eigenvalue weighted by molar-refractivity contribution is -0.115. The van der Waals surface area contributed by atoms with Gasteiger partial charge in [-0.25, -0.2) is 14.4 Å². The number of thiophene rings is 1. The van der Waals surface area contributed by atoms with Crippen molar-refractivity contribution in [3.63, 3.8) is 0 Å². The van der Waals surface area contributed by atoms with Crippen molar-refractivity contribution in [2.24, 2.45) is 0 Å². The van der Waals surface area contributed by atoms with Gasteiger partial charge in [-0.3, -0.25) is 9.88 Å². The van der Waals surface area contributed by atoms with E-state index in [1.54, 1.807) is 13.3 Å². The van der Waals surface area contributed by atoms with Crippen LogP contribution in [-0.2, 0) is 4.74 Å². The highest BCUT2D eigenvalue weighted by molar-refractivity contribution is 7.22. The number of nitrogens with one attached hydrogen (secondary N) is 2. The van der Waals surface area contributed by atoms with Crippen LogP contribution in [0.1, 0.15) is 30.5 Å². The van der Waals surface area contributed by atoms with E-state index < -0.39 is 12.0 Å². The van der Waals surface area contributed by atoms with Gasteiger partial charge in [-0.05, 0) is 24.6 Å². The number of pyridine rings is 1. The second-order valence-electron chi connectivity index (χ2n) is 7.00. The van der Waals surface area contributed by atoms with E-state index in [1.807, 2.05) is 24.9 Å². The van der Waals surface area contributed by atoms with E-state index in [2.05, 4.69) is 25.6 Å². The van der Waals surface area contributed by atoms with Crippen molar-refractivity contribution < 1.29 is 14.2 Å². The zero-order chi connectivity index (χ0) is 20.5. The Kier molecular flexibility index (Phi) is 5.59. The summed E-state index contributed by atoms with van der Waals surface area (Å²) in [6.07, 6.45) is 2.03. The third-order valence-corrected chi connectivity index (χ3v) is 6.18. The Hall–Kier alpha value is -2.40. The van der Waals surface area contributed by atoms with Crippen molar-refractivity contribution in [1.29, 1.82) is 0 Å². The van der Waals surface area contributed by atoms with Gasteiger partial charge in [0.1, 0.15) is 11.5 Å². The van der Waals surface area contributed by atoms with E-state index in [9.17, 15) is 9.50 Å². The minimum atomic E-state index is -0.859. The number of anilines is 2. The van der Waals surface area contributed by atoms with Gasteiger partial charge in [-0.2, -0.15) is 0 Å². The molecule has 0 aliphatic carbocycles. The number of methoxy groups -OCH3 is 1. The summed E-state index contributed by atoms with van der Waals surface area (Å²) in [6.45, 7) is 3.16. The number of rotatable bonds is 7. The number of likely N-dealkylation sites (tertiary alicyclic amines) is 1. The van der Waals surface area contributed by atoms with Crippen LogP contribution in [0.25, 0.3) is 10.2 Å². The number of hydrogen-bond acceptors (Lipinski definition) is 9. The molecule has 1 aliphatic heterocycles. The summed E-state index contributed by atoms with van der Waals surface area (Å²) < 4.78 is 19.6. The van der Waals surface area contributed by atoms with Gasteiger partial charge in [0.2, 0.25) is 5.95 Å².